The van der Waals surface area contributed by atoms with Gasteiger partial charge >= 0.3 is 6.18 Å². The molecule has 0 aromatic carbocycles. The second-order valence-electron chi connectivity index (χ2n) is 5.10. The van der Waals surface area contributed by atoms with E-state index in [1.54, 1.807) is 12.1 Å². The van der Waals surface area contributed by atoms with Crippen LogP contribution in [0.2, 0.25) is 0 Å². The Hall–Kier alpha value is -1.14. The second kappa shape index (κ2) is 4.76. The van der Waals surface area contributed by atoms with Gasteiger partial charge in [0, 0.05) is 23.9 Å². The molecule has 3 nitrogen and oxygen atoms in total. The van der Waals surface area contributed by atoms with E-state index in [1.807, 2.05) is 0 Å². The molecule has 0 spiro atoms. The van der Waals surface area contributed by atoms with E-state index in [1.165, 1.54) is 13.1 Å². The summed E-state index contributed by atoms with van der Waals surface area (Å²) in [6.45, 7) is 1.19. The number of fused-ring (bicyclic) bond motifs is 1. The molecule has 3 unspecified atom stereocenters. The SMILES string of the molecule is CC(N)C(O)(C1CCCc2cccnc21)C(F)(F)F. The van der Waals surface area contributed by atoms with Crippen LogP contribution >= 0.6 is 0 Å². The summed E-state index contributed by atoms with van der Waals surface area (Å²) in [5.74, 6) is -1.10. The van der Waals surface area contributed by atoms with Crippen LogP contribution in [0.5, 0.6) is 0 Å². The summed E-state index contributed by atoms with van der Waals surface area (Å²) in [7, 11) is 0. The van der Waals surface area contributed by atoms with E-state index in [9.17, 15) is 18.3 Å². The van der Waals surface area contributed by atoms with Gasteiger partial charge in [0.25, 0.3) is 0 Å². The smallest absolute Gasteiger partial charge is 0.379 e. The molecule has 6 heteroatoms. The highest BCUT2D eigenvalue weighted by Gasteiger charge is 2.61. The zero-order valence-electron chi connectivity index (χ0n) is 10.6. The molecule has 106 valence electrons. The van der Waals surface area contributed by atoms with E-state index in [0.29, 0.717) is 18.5 Å². The summed E-state index contributed by atoms with van der Waals surface area (Å²) in [4.78, 5) is 4.05. The molecule has 2 rings (SSSR count). The maximum Gasteiger partial charge on any atom is 0.419 e. The molecule has 1 heterocycles. The lowest BCUT2D eigenvalue weighted by molar-refractivity contribution is -0.276. The van der Waals surface area contributed by atoms with Crippen LogP contribution in [0, 0.1) is 0 Å². The lowest BCUT2D eigenvalue weighted by atomic mass is 9.72. The highest BCUT2D eigenvalue weighted by atomic mass is 19.4. The molecule has 0 saturated heterocycles. The molecule has 3 N–H and O–H groups in total. The van der Waals surface area contributed by atoms with E-state index in [2.05, 4.69) is 4.98 Å². The van der Waals surface area contributed by atoms with Gasteiger partial charge in [-0.25, -0.2) is 0 Å². The van der Waals surface area contributed by atoms with Gasteiger partial charge in [0.2, 0.25) is 0 Å². The third-order valence-electron chi connectivity index (χ3n) is 3.87. The Bertz CT molecular complexity index is 461. The van der Waals surface area contributed by atoms with Crippen molar-refractivity contribution in [3.05, 3.63) is 29.6 Å². The highest BCUT2D eigenvalue weighted by molar-refractivity contribution is 5.30. The number of aliphatic hydroxyl groups is 1. The molecule has 0 radical (unpaired) electrons. The Morgan fingerprint density at radius 3 is 2.74 bits per heavy atom. The number of nitrogens with zero attached hydrogens (tertiary/aromatic N) is 1. The van der Waals surface area contributed by atoms with E-state index >= 15 is 0 Å². The Morgan fingerprint density at radius 1 is 1.47 bits per heavy atom. The summed E-state index contributed by atoms with van der Waals surface area (Å²) >= 11 is 0. The summed E-state index contributed by atoms with van der Waals surface area (Å²) in [6, 6.07) is 2.04. The molecule has 3 atom stereocenters. The Balaban J connectivity index is 2.51. The quantitative estimate of drug-likeness (QED) is 0.868. The molecular formula is C13H17F3N2O. The average Bonchev–Trinajstić information content (AvgIpc) is 2.35. The molecule has 0 amide bonds. The Kier molecular flexibility index (Phi) is 3.57. The molecule has 1 aliphatic rings. The van der Waals surface area contributed by atoms with Crippen molar-refractivity contribution in [3.8, 4) is 0 Å². The van der Waals surface area contributed by atoms with Crippen LogP contribution < -0.4 is 5.73 Å². The summed E-state index contributed by atoms with van der Waals surface area (Å²) < 4.78 is 39.8. The first-order valence-electron chi connectivity index (χ1n) is 6.27. The number of rotatable bonds is 2. The fourth-order valence-electron chi connectivity index (χ4n) is 2.81. The highest BCUT2D eigenvalue weighted by Crippen LogP contribution is 2.47. The van der Waals surface area contributed by atoms with Gasteiger partial charge in [-0.1, -0.05) is 6.07 Å². The first kappa shape index (κ1) is 14.3. The van der Waals surface area contributed by atoms with Crippen LogP contribution in [-0.4, -0.2) is 27.9 Å². The van der Waals surface area contributed by atoms with E-state index in [0.717, 1.165) is 5.56 Å². The predicted octanol–water partition coefficient (Wildman–Crippen LogP) is 2.14. The normalized spacial score (nSPS) is 24.4. The third-order valence-corrected chi connectivity index (χ3v) is 3.87. The van der Waals surface area contributed by atoms with Gasteiger partial charge in [0.15, 0.2) is 5.60 Å². The minimum Gasteiger partial charge on any atom is -0.379 e. The van der Waals surface area contributed by atoms with Crippen molar-refractivity contribution in [2.24, 2.45) is 5.73 Å². The van der Waals surface area contributed by atoms with Gasteiger partial charge in [0.05, 0.1) is 0 Å². The minimum atomic E-state index is -4.78. The summed E-state index contributed by atoms with van der Waals surface area (Å²) in [6.07, 6.45) is -1.81. The van der Waals surface area contributed by atoms with Crippen LogP contribution in [0.15, 0.2) is 18.3 Å². The summed E-state index contributed by atoms with van der Waals surface area (Å²) in [5, 5.41) is 10.2. The molecule has 0 aliphatic heterocycles. The fraction of sp³-hybridized carbons (Fsp3) is 0.615. The van der Waals surface area contributed by atoms with Crippen molar-refractivity contribution in [2.75, 3.05) is 0 Å². The van der Waals surface area contributed by atoms with Crippen molar-refractivity contribution in [3.63, 3.8) is 0 Å². The standard InChI is InChI=1S/C13H17F3N2O/c1-8(17)12(19,13(14,15)16)10-6-2-4-9-5-3-7-18-11(9)10/h3,5,7-8,10,19H,2,4,6,17H2,1H3. The summed E-state index contributed by atoms with van der Waals surface area (Å²) in [5.41, 5.74) is 3.60. The van der Waals surface area contributed by atoms with Gasteiger partial charge < -0.3 is 10.8 Å². The van der Waals surface area contributed by atoms with Crippen molar-refractivity contribution >= 4 is 0 Å². The third kappa shape index (κ3) is 2.23. The van der Waals surface area contributed by atoms with Crippen LogP contribution in [0.4, 0.5) is 13.2 Å². The predicted molar refractivity (Wildman–Crippen MR) is 64.6 cm³/mol. The number of nitrogens with two attached hydrogens (primary N) is 1. The molecular weight excluding hydrogens is 257 g/mol. The number of aromatic nitrogens is 1. The molecule has 19 heavy (non-hydrogen) atoms. The average molecular weight is 274 g/mol. The monoisotopic (exact) mass is 274 g/mol. The molecule has 1 aliphatic carbocycles. The van der Waals surface area contributed by atoms with Gasteiger partial charge in [-0.05, 0) is 37.8 Å². The van der Waals surface area contributed by atoms with Crippen molar-refractivity contribution in [1.82, 2.24) is 4.98 Å². The van der Waals surface area contributed by atoms with Gasteiger partial charge in [0.1, 0.15) is 0 Å². The first-order valence-corrected chi connectivity index (χ1v) is 6.27. The zero-order chi connectivity index (χ0) is 14.3. The second-order valence-corrected chi connectivity index (χ2v) is 5.10. The molecule has 0 bridgehead atoms. The van der Waals surface area contributed by atoms with Gasteiger partial charge in [-0.3, -0.25) is 4.98 Å². The topological polar surface area (TPSA) is 59.1 Å². The van der Waals surface area contributed by atoms with Crippen molar-refractivity contribution in [2.45, 2.75) is 49.9 Å². The zero-order valence-corrected chi connectivity index (χ0v) is 10.6. The van der Waals surface area contributed by atoms with Crippen LogP contribution in [0.1, 0.15) is 36.9 Å². The van der Waals surface area contributed by atoms with Crippen LogP contribution in [-0.2, 0) is 6.42 Å². The largest absolute Gasteiger partial charge is 0.419 e. The van der Waals surface area contributed by atoms with Crippen LogP contribution in [0.3, 0.4) is 0 Å². The van der Waals surface area contributed by atoms with Crippen molar-refractivity contribution in [1.29, 1.82) is 0 Å². The van der Waals surface area contributed by atoms with Crippen molar-refractivity contribution < 1.29 is 18.3 Å². The fourth-order valence-corrected chi connectivity index (χ4v) is 2.81. The minimum absolute atomic E-state index is 0.238. The maximum absolute atomic E-state index is 13.3. The number of alkyl halides is 3. The van der Waals surface area contributed by atoms with Gasteiger partial charge in [-0.2, -0.15) is 13.2 Å². The molecule has 0 saturated carbocycles. The lowest BCUT2D eigenvalue weighted by Gasteiger charge is -2.42. The first-order chi connectivity index (χ1) is 8.78. The number of hydrogen-bond acceptors (Lipinski definition) is 3. The number of pyridine rings is 1. The number of hydrogen-bond donors (Lipinski definition) is 2. The van der Waals surface area contributed by atoms with E-state index in [-0.39, 0.29) is 6.42 Å². The number of aryl methyl sites for hydroxylation is 1. The van der Waals surface area contributed by atoms with E-state index in [4.69, 9.17) is 5.73 Å². The molecule has 0 fully saturated rings. The molecule has 1 aromatic heterocycles. The maximum atomic E-state index is 13.3. The Labute approximate surface area is 109 Å². The lowest BCUT2D eigenvalue weighted by Crippen LogP contribution is -2.61. The number of halogens is 3. The van der Waals surface area contributed by atoms with Crippen LogP contribution in [0.25, 0.3) is 0 Å². The Morgan fingerprint density at radius 2 is 2.16 bits per heavy atom. The van der Waals surface area contributed by atoms with E-state index < -0.39 is 23.7 Å². The molecule has 1 aromatic rings. The van der Waals surface area contributed by atoms with Gasteiger partial charge in [-0.15, -0.1) is 0 Å².